The summed E-state index contributed by atoms with van der Waals surface area (Å²) < 4.78 is 0. The second kappa shape index (κ2) is 7.31. The van der Waals surface area contributed by atoms with E-state index >= 15 is 0 Å². The van der Waals surface area contributed by atoms with E-state index in [1.54, 1.807) is 0 Å². The number of hydrogen-bond donors (Lipinski definition) is 3. The van der Waals surface area contributed by atoms with E-state index in [2.05, 4.69) is 46.8 Å². The topological polar surface area (TPSA) is 60.7 Å². The molecule has 5 aliphatic carbocycles. The maximum atomic E-state index is 11.5. The fourth-order valence-electron chi connectivity index (χ4n) is 9.75. The van der Waals surface area contributed by atoms with E-state index in [-0.39, 0.29) is 28.3 Å². The Balaban J connectivity index is 1.39. The summed E-state index contributed by atoms with van der Waals surface area (Å²) in [5, 5.41) is 33.1. The minimum Gasteiger partial charge on any atom is -0.393 e. The van der Waals surface area contributed by atoms with E-state index in [0.29, 0.717) is 41.9 Å². The molecule has 5 saturated carbocycles. The maximum Gasteiger partial charge on any atom is 0.0864 e. The number of hydrogen-bond acceptors (Lipinski definition) is 3. The summed E-state index contributed by atoms with van der Waals surface area (Å²) in [5.74, 6) is 3.85. The minimum atomic E-state index is -0.644. The lowest BCUT2D eigenvalue weighted by Gasteiger charge is -2.59. The van der Waals surface area contributed by atoms with Crippen molar-refractivity contribution in [2.24, 2.45) is 57.7 Å². The molecule has 0 saturated heterocycles. The molecule has 0 bridgehead atoms. The first kappa shape index (κ1) is 22.4. The zero-order valence-corrected chi connectivity index (χ0v) is 20.4. The molecular weight excluding hydrogens is 384 g/mol. The molecule has 31 heavy (non-hydrogen) atoms. The fraction of sp³-hybridized carbons (Fsp3) is 0.929. The largest absolute Gasteiger partial charge is 0.393 e. The van der Waals surface area contributed by atoms with Crippen LogP contribution in [0, 0.1) is 57.7 Å². The zero-order valence-electron chi connectivity index (χ0n) is 20.4. The van der Waals surface area contributed by atoms with Crippen LogP contribution >= 0.6 is 0 Å². The highest BCUT2D eigenvalue weighted by Gasteiger charge is 2.80. The summed E-state index contributed by atoms with van der Waals surface area (Å²) in [4.78, 5) is 0. The lowest BCUT2D eigenvalue weighted by molar-refractivity contribution is -0.190. The summed E-state index contributed by atoms with van der Waals surface area (Å²) in [5.41, 5.74) is 0.277. The van der Waals surface area contributed by atoms with Crippen molar-refractivity contribution < 1.29 is 15.3 Å². The first-order valence-corrected chi connectivity index (χ1v) is 13.3. The molecule has 0 heterocycles. The van der Waals surface area contributed by atoms with Gasteiger partial charge >= 0.3 is 0 Å². The molecule has 3 N–H and O–H groups in total. The molecule has 1 unspecified atom stereocenters. The molecule has 3 nitrogen and oxygen atoms in total. The van der Waals surface area contributed by atoms with E-state index in [1.807, 2.05) is 0 Å². The second-order valence-corrected chi connectivity index (χ2v) is 13.2. The van der Waals surface area contributed by atoms with Gasteiger partial charge < -0.3 is 15.3 Å². The quantitative estimate of drug-likeness (QED) is 0.538. The van der Waals surface area contributed by atoms with Crippen LogP contribution in [-0.4, -0.2) is 33.6 Å². The van der Waals surface area contributed by atoms with E-state index in [4.69, 9.17) is 0 Å². The minimum absolute atomic E-state index is 0.194. The van der Waals surface area contributed by atoms with Gasteiger partial charge in [0, 0.05) is 5.41 Å². The van der Waals surface area contributed by atoms with Crippen molar-refractivity contribution in [2.75, 3.05) is 0 Å². The average molecular weight is 431 g/mol. The molecule has 176 valence electrons. The molecule has 0 aromatic rings. The molecule has 0 spiro atoms. The van der Waals surface area contributed by atoms with Gasteiger partial charge in [-0.3, -0.25) is 0 Å². The third kappa shape index (κ3) is 2.94. The van der Waals surface area contributed by atoms with Crippen molar-refractivity contribution in [3.63, 3.8) is 0 Å². The van der Waals surface area contributed by atoms with Gasteiger partial charge in [-0.05, 0) is 104 Å². The van der Waals surface area contributed by atoms with Crippen molar-refractivity contribution >= 4 is 0 Å². The molecule has 12 atom stereocenters. The summed E-state index contributed by atoms with van der Waals surface area (Å²) >= 11 is 0. The van der Waals surface area contributed by atoms with Gasteiger partial charge in [0.2, 0.25) is 0 Å². The number of rotatable bonds is 4. The predicted octanol–water partition coefficient (Wildman–Crippen LogP) is 5.19. The van der Waals surface area contributed by atoms with E-state index in [0.717, 1.165) is 19.3 Å². The first-order chi connectivity index (χ1) is 14.6. The Bertz CT molecular complexity index is 732. The normalized spacial score (nSPS) is 55.3. The van der Waals surface area contributed by atoms with Crippen molar-refractivity contribution in [2.45, 2.75) is 104 Å². The summed E-state index contributed by atoms with van der Waals surface area (Å²) in [7, 11) is 0. The summed E-state index contributed by atoms with van der Waals surface area (Å²) in [6.45, 7) is 11.8. The van der Waals surface area contributed by atoms with Gasteiger partial charge in [0.15, 0.2) is 0 Å². The highest BCUT2D eigenvalue weighted by molar-refractivity contribution is 5.29. The zero-order chi connectivity index (χ0) is 22.3. The Morgan fingerprint density at radius 1 is 0.839 bits per heavy atom. The van der Waals surface area contributed by atoms with Crippen molar-refractivity contribution in [1.82, 2.24) is 0 Å². The van der Waals surface area contributed by atoms with Crippen LogP contribution in [0.4, 0.5) is 0 Å². The Morgan fingerprint density at radius 3 is 2.29 bits per heavy atom. The standard InChI is InChI=1S/C28H46O3/c1-16(2)17(3)6-7-18(4)20-8-9-21-23-22(11-12-26(20,21)5)27-13-10-19(29)14-28(27,15-27)25(31)24(23)30/h6-7,16-25,29-31H,8-15H2,1-5H3/b7-6+/t17?,18-,19+,20-,21+,22+,23+,24+,25-,26-,27+,28-/m1/s1. The Morgan fingerprint density at radius 2 is 1.58 bits per heavy atom. The van der Waals surface area contributed by atoms with Crippen LogP contribution in [0.15, 0.2) is 12.2 Å². The molecule has 5 aliphatic rings. The second-order valence-electron chi connectivity index (χ2n) is 13.2. The molecule has 5 fully saturated rings. The van der Waals surface area contributed by atoms with Crippen LogP contribution in [0.2, 0.25) is 0 Å². The number of allylic oxidation sites excluding steroid dienone is 2. The van der Waals surface area contributed by atoms with Gasteiger partial charge in [-0.2, -0.15) is 0 Å². The molecule has 0 radical (unpaired) electrons. The summed E-state index contributed by atoms with van der Waals surface area (Å²) in [6.07, 6.45) is 12.0. The first-order valence-electron chi connectivity index (χ1n) is 13.3. The lowest BCUT2D eigenvalue weighted by atomic mass is 9.47. The van der Waals surface area contributed by atoms with Crippen LogP contribution in [0.3, 0.4) is 0 Å². The highest BCUT2D eigenvalue weighted by atomic mass is 16.3. The fourth-order valence-corrected chi connectivity index (χ4v) is 9.75. The van der Waals surface area contributed by atoms with Gasteiger partial charge in [-0.1, -0.05) is 46.8 Å². The average Bonchev–Trinajstić information content (AvgIpc) is 3.29. The monoisotopic (exact) mass is 430 g/mol. The van der Waals surface area contributed by atoms with Crippen LogP contribution in [0.25, 0.3) is 0 Å². The van der Waals surface area contributed by atoms with Gasteiger partial charge in [-0.15, -0.1) is 0 Å². The predicted molar refractivity (Wildman–Crippen MR) is 124 cm³/mol. The molecular formula is C28H46O3. The highest BCUT2D eigenvalue weighted by Crippen LogP contribution is 2.83. The Hall–Kier alpha value is -0.380. The smallest absolute Gasteiger partial charge is 0.0864 e. The third-order valence-electron chi connectivity index (χ3n) is 11.8. The number of fused-ring (bicyclic) bond motifs is 3. The van der Waals surface area contributed by atoms with Gasteiger partial charge in [0.05, 0.1) is 18.3 Å². The Kier molecular flexibility index (Phi) is 5.28. The molecule has 0 aliphatic heterocycles. The Labute approximate surface area is 189 Å². The van der Waals surface area contributed by atoms with Crippen molar-refractivity contribution in [1.29, 1.82) is 0 Å². The van der Waals surface area contributed by atoms with Gasteiger partial charge in [-0.25, -0.2) is 0 Å². The third-order valence-corrected chi connectivity index (χ3v) is 11.8. The van der Waals surface area contributed by atoms with Gasteiger partial charge in [0.1, 0.15) is 0 Å². The number of aliphatic hydroxyl groups is 3. The maximum absolute atomic E-state index is 11.5. The van der Waals surface area contributed by atoms with E-state index in [9.17, 15) is 15.3 Å². The molecule has 0 aromatic carbocycles. The van der Waals surface area contributed by atoms with Crippen molar-refractivity contribution in [3.05, 3.63) is 12.2 Å². The molecule has 3 heteroatoms. The molecule has 0 amide bonds. The molecule has 5 rings (SSSR count). The number of aliphatic hydroxyl groups excluding tert-OH is 3. The van der Waals surface area contributed by atoms with Crippen LogP contribution in [0.5, 0.6) is 0 Å². The van der Waals surface area contributed by atoms with Crippen LogP contribution < -0.4 is 0 Å². The van der Waals surface area contributed by atoms with E-state index in [1.165, 1.54) is 25.7 Å². The van der Waals surface area contributed by atoms with Gasteiger partial charge in [0.25, 0.3) is 0 Å². The molecule has 0 aromatic heterocycles. The van der Waals surface area contributed by atoms with Crippen LogP contribution in [-0.2, 0) is 0 Å². The van der Waals surface area contributed by atoms with E-state index < -0.39 is 12.2 Å². The summed E-state index contributed by atoms with van der Waals surface area (Å²) in [6, 6.07) is 0. The van der Waals surface area contributed by atoms with Crippen LogP contribution in [0.1, 0.15) is 86.0 Å². The SMILES string of the molecule is CC(C)C(C)/C=C/[C@@H](C)[C@H]1CC[C@H]2[C@@H]3[C@H](O)[C@@H](O)[C@]45C[C@@H](O)CC[C@]4(C5)[C@H]3CC[C@]12C. The lowest BCUT2D eigenvalue weighted by Crippen LogP contribution is -2.60. The van der Waals surface area contributed by atoms with Crippen molar-refractivity contribution in [3.8, 4) is 0 Å².